The normalized spacial score (nSPS) is 12.8. The Labute approximate surface area is 178 Å². The minimum atomic E-state index is -1.08. The molecule has 1 heterocycles. The molecule has 0 radical (unpaired) electrons. The van der Waals surface area contributed by atoms with Gasteiger partial charge in [-0.15, -0.1) is 0 Å². The fourth-order valence-electron chi connectivity index (χ4n) is 3.05. The van der Waals surface area contributed by atoms with E-state index in [0.717, 1.165) is 17.2 Å². The van der Waals surface area contributed by atoms with Gasteiger partial charge in [0.2, 0.25) is 11.7 Å². The highest BCUT2D eigenvalue weighted by Crippen LogP contribution is 2.21. The second-order valence-corrected chi connectivity index (χ2v) is 7.23. The van der Waals surface area contributed by atoms with Gasteiger partial charge in [-0.05, 0) is 44.0 Å². The molecule has 2 rings (SSSR count). The Morgan fingerprint density at radius 3 is 2.71 bits per heavy atom. The van der Waals surface area contributed by atoms with Crippen LogP contribution in [0, 0.1) is 5.82 Å². The number of fused-ring (bicyclic) bond motifs is 1. The maximum Gasteiger partial charge on any atom is 0.328 e. The zero-order valence-electron chi connectivity index (χ0n) is 17.6. The van der Waals surface area contributed by atoms with Gasteiger partial charge in [-0.1, -0.05) is 0 Å². The molecule has 9 nitrogen and oxygen atoms in total. The molecule has 0 unspecified atom stereocenters. The van der Waals surface area contributed by atoms with Crippen LogP contribution in [-0.2, 0) is 30.3 Å². The van der Waals surface area contributed by atoms with Gasteiger partial charge in [0.1, 0.15) is 18.0 Å². The molecule has 0 saturated heterocycles. The van der Waals surface area contributed by atoms with Crippen molar-refractivity contribution in [1.29, 1.82) is 0 Å². The third-order valence-electron chi connectivity index (χ3n) is 4.55. The van der Waals surface area contributed by atoms with Crippen LogP contribution in [0.1, 0.15) is 32.3 Å². The minimum absolute atomic E-state index is 0.0368. The van der Waals surface area contributed by atoms with Gasteiger partial charge >= 0.3 is 12.2 Å². The van der Waals surface area contributed by atoms with Crippen LogP contribution in [0.25, 0.3) is 16.4 Å². The van der Waals surface area contributed by atoms with Crippen molar-refractivity contribution in [3.05, 3.63) is 41.3 Å². The molecule has 0 aliphatic carbocycles. The number of carbonyl (C=O) groups is 3. The number of H-pyrrole nitrogens is 1. The summed E-state index contributed by atoms with van der Waals surface area (Å²) in [4.78, 5) is 42.4. The van der Waals surface area contributed by atoms with Crippen LogP contribution in [0.3, 0.4) is 0 Å². The first-order chi connectivity index (χ1) is 14.7. The summed E-state index contributed by atoms with van der Waals surface area (Å²) in [6.07, 6.45) is 1.06. The summed E-state index contributed by atoms with van der Waals surface area (Å²) < 4.78 is 23.9. The van der Waals surface area contributed by atoms with E-state index in [1.54, 1.807) is 26.1 Å². The van der Waals surface area contributed by atoms with Crippen molar-refractivity contribution in [3.63, 3.8) is 0 Å². The van der Waals surface area contributed by atoms with Crippen LogP contribution < -0.4 is 5.32 Å². The van der Waals surface area contributed by atoms with E-state index in [9.17, 15) is 18.8 Å². The number of hydrogen-bond acceptors (Lipinski definition) is 5. The molecule has 1 aromatic carbocycles. The minimum Gasteiger partial charge on any atom is -0.461 e. The molecular formula is C21H25FN4O5. The molecule has 0 fully saturated rings. The molecule has 2 atom stereocenters. The molecule has 31 heavy (non-hydrogen) atoms. The van der Waals surface area contributed by atoms with Gasteiger partial charge in [-0.2, -0.15) is 4.79 Å². The first kappa shape index (κ1) is 23.9. The van der Waals surface area contributed by atoms with Crippen LogP contribution >= 0.6 is 0 Å². The lowest BCUT2D eigenvalue weighted by Gasteiger charge is -2.21. The number of nitrogens with one attached hydrogen (secondary N) is 2. The highest BCUT2D eigenvalue weighted by molar-refractivity contribution is 6.25. The van der Waals surface area contributed by atoms with Gasteiger partial charge < -0.3 is 25.3 Å². The fraction of sp³-hybridized carbons (Fsp3) is 0.429. The number of aromatic nitrogens is 1. The Morgan fingerprint density at radius 2 is 2.06 bits per heavy atom. The molecule has 1 amide bonds. The number of nitrogens with zero attached hydrogens (tertiary/aromatic N) is 2. The van der Waals surface area contributed by atoms with Gasteiger partial charge in [-0.3, -0.25) is 9.59 Å². The zero-order valence-corrected chi connectivity index (χ0v) is 17.6. The molecule has 0 saturated carbocycles. The third kappa shape index (κ3) is 6.84. The number of rotatable bonds is 11. The number of Topliss-reactive ketones (excluding diaryl/α,β-unsaturated/α-hetero) is 1. The molecule has 1 aromatic heterocycles. The molecule has 0 bridgehead atoms. The number of halogens is 1. The van der Waals surface area contributed by atoms with Crippen molar-refractivity contribution in [2.24, 2.45) is 0 Å². The lowest BCUT2D eigenvalue weighted by atomic mass is 10.0. The van der Waals surface area contributed by atoms with Crippen molar-refractivity contribution in [2.75, 3.05) is 7.11 Å². The molecule has 166 valence electrons. The van der Waals surface area contributed by atoms with E-state index >= 15 is 0 Å². The Morgan fingerprint density at radius 1 is 1.32 bits per heavy atom. The Kier molecular flexibility index (Phi) is 8.60. The molecule has 2 N–H and O–H groups in total. The summed E-state index contributed by atoms with van der Waals surface area (Å²) in [5.74, 6) is -2.13. The number of ether oxygens (including phenoxy) is 2. The number of benzene rings is 1. The number of amides is 1. The predicted molar refractivity (Wildman–Crippen MR) is 110 cm³/mol. The highest BCUT2D eigenvalue weighted by Gasteiger charge is 2.28. The molecular weight excluding hydrogens is 407 g/mol. The van der Waals surface area contributed by atoms with Crippen LogP contribution in [0.4, 0.5) is 4.39 Å². The number of methoxy groups -OCH3 is 1. The van der Waals surface area contributed by atoms with Crippen molar-refractivity contribution >= 4 is 34.8 Å². The summed E-state index contributed by atoms with van der Waals surface area (Å²) in [5, 5.41) is 3.32. The van der Waals surface area contributed by atoms with E-state index in [1.807, 2.05) is 0 Å². The maximum atomic E-state index is 13.4. The lowest BCUT2D eigenvalue weighted by Crippen LogP contribution is -2.48. The van der Waals surface area contributed by atoms with Gasteiger partial charge in [0.25, 0.3) is 0 Å². The smallest absolute Gasteiger partial charge is 0.328 e. The van der Waals surface area contributed by atoms with Crippen LogP contribution in [0.5, 0.6) is 0 Å². The second kappa shape index (κ2) is 11.1. The topological polar surface area (TPSA) is 134 Å². The SMILES string of the molecule is CO[C@@H](Cc1c[nH]c2cc(F)ccc12)C(=O)N[C@@H](CCC(=O)C=[N+]=[N-])C(=O)OC(C)C. The van der Waals surface area contributed by atoms with Gasteiger partial charge in [0.05, 0.1) is 6.10 Å². The Hall–Kier alpha value is -3.36. The summed E-state index contributed by atoms with van der Waals surface area (Å²) in [6, 6.07) is 3.20. The van der Waals surface area contributed by atoms with Gasteiger partial charge in [-0.25, -0.2) is 9.18 Å². The first-order valence-electron chi connectivity index (χ1n) is 9.74. The van der Waals surface area contributed by atoms with E-state index in [0.29, 0.717) is 5.52 Å². The van der Waals surface area contributed by atoms with Gasteiger partial charge in [0, 0.05) is 37.1 Å². The zero-order chi connectivity index (χ0) is 23.0. The van der Waals surface area contributed by atoms with Crippen LogP contribution in [0.15, 0.2) is 24.4 Å². The van der Waals surface area contributed by atoms with Crippen molar-refractivity contribution in [1.82, 2.24) is 10.3 Å². The molecule has 0 spiro atoms. The monoisotopic (exact) mass is 432 g/mol. The number of ketones is 1. The van der Waals surface area contributed by atoms with Crippen LogP contribution in [0.2, 0.25) is 0 Å². The third-order valence-corrected chi connectivity index (χ3v) is 4.55. The average molecular weight is 432 g/mol. The number of esters is 1. The van der Waals surface area contributed by atoms with E-state index in [1.165, 1.54) is 19.2 Å². The van der Waals surface area contributed by atoms with E-state index in [4.69, 9.17) is 15.0 Å². The molecule has 2 aromatic rings. The van der Waals surface area contributed by atoms with Crippen molar-refractivity contribution in [2.45, 2.75) is 51.4 Å². The van der Waals surface area contributed by atoms with E-state index in [-0.39, 0.29) is 25.1 Å². The average Bonchev–Trinajstić information content (AvgIpc) is 3.10. The fourth-order valence-corrected chi connectivity index (χ4v) is 3.05. The molecule has 0 aliphatic rings. The summed E-state index contributed by atoms with van der Waals surface area (Å²) in [6.45, 7) is 3.33. The van der Waals surface area contributed by atoms with E-state index < -0.39 is 35.9 Å². The van der Waals surface area contributed by atoms with Crippen molar-refractivity contribution < 1.29 is 33.0 Å². The lowest BCUT2D eigenvalue weighted by molar-refractivity contribution is -0.152. The predicted octanol–water partition coefficient (Wildman–Crippen LogP) is 1.95. The maximum absolute atomic E-state index is 13.4. The van der Waals surface area contributed by atoms with Gasteiger partial charge in [0.15, 0.2) is 0 Å². The Balaban J connectivity index is 2.13. The van der Waals surface area contributed by atoms with Crippen molar-refractivity contribution in [3.8, 4) is 0 Å². The summed E-state index contributed by atoms with van der Waals surface area (Å²) in [5.41, 5.74) is 9.77. The number of hydrogen-bond donors (Lipinski definition) is 2. The standard InChI is InChI=1S/C21H25FN4O5/c1-12(2)31-21(29)17(7-5-15(27)11-25-23)26-20(28)19(30-3)8-13-10-24-18-9-14(22)4-6-16(13)18/h4,6,9-12,17,19,24H,5,7-8H2,1-3H3,(H,26,28)/t17-,19-/m0/s1. The number of aromatic amines is 1. The Bertz CT molecular complexity index is 997. The van der Waals surface area contributed by atoms with E-state index in [2.05, 4.69) is 15.1 Å². The summed E-state index contributed by atoms with van der Waals surface area (Å²) >= 11 is 0. The van der Waals surface area contributed by atoms with Crippen LogP contribution in [-0.4, -0.2) is 59.0 Å². The second-order valence-electron chi connectivity index (χ2n) is 7.23. The largest absolute Gasteiger partial charge is 0.461 e. The number of carbonyl (C=O) groups excluding carboxylic acids is 3. The molecule has 10 heteroatoms. The summed E-state index contributed by atoms with van der Waals surface area (Å²) in [7, 11) is 1.36. The molecule has 0 aliphatic heterocycles. The highest BCUT2D eigenvalue weighted by atomic mass is 19.1. The quantitative estimate of drug-likeness (QED) is 0.242. The first-order valence-corrected chi connectivity index (χ1v) is 9.74.